The Morgan fingerprint density at radius 3 is 1.48 bits per heavy atom. The monoisotopic (exact) mass is 404 g/mol. The number of rotatable bonds is 6. The van der Waals surface area contributed by atoms with E-state index in [1.54, 1.807) is 23.5 Å². The summed E-state index contributed by atoms with van der Waals surface area (Å²) in [7, 11) is 0. The molecule has 1 aromatic carbocycles. The van der Waals surface area contributed by atoms with Crippen molar-refractivity contribution in [2.45, 2.75) is 56.4 Å². The molecule has 4 N–H and O–H groups in total. The van der Waals surface area contributed by atoms with E-state index in [9.17, 15) is 0 Å². The molecule has 2 aromatic heterocycles. The number of hydrogen-bond donors (Lipinski definition) is 2. The second-order valence-electron chi connectivity index (χ2n) is 6.47. The largest absolute Gasteiger partial charge is 0.336 e. The van der Waals surface area contributed by atoms with Gasteiger partial charge in [-0.1, -0.05) is 29.6 Å². The lowest BCUT2D eigenvalue weighted by molar-refractivity contribution is 0.824. The van der Waals surface area contributed by atoms with Crippen LogP contribution in [0.4, 0.5) is 0 Å². The van der Waals surface area contributed by atoms with Crippen LogP contribution in [0.15, 0.2) is 16.4 Å². The van der Waals surface area contributed by atoms with Crippen molar-refractivity contribution in [1.29, 1.82) is 0 Å². The van der Waals surface area contributed by atoms with Gasteiger partial charge >= 0.3 is 0 Å². The summed E-state index contributed by atoms with van der Waals surface area (Å²) in [6, 6.07) is 2.23. The van der Waals surface area contributed by atoms with Gasteiger partial charge in [0.1, 0.15) is 11.6 Å². The minimum absolute atomic E-state index is 0.702. The molecule has 0 aliphatic rings. The maximum atomic E-state index is 5.97. The zero-order valence-electron chi connectivity index (χ0n) is 16.1. The Hall–Kier alpha value is -2.20. The molecular formula is C17H24N8S2. The first-order valence-corrected chi connectivity index (χ1v) is 10.4. The Labute approximate surface area is 167 Å². The fraction of sp³-hybridized carbons (Fsp3) is 0.412. The highest BCUT2D eigenvalue weighted by Gasteiger charge is 2.15. The molecule has 10 heteroatoms. The topological polar surface area (TPSA) is 113 Å². The molecule has 0 unspecified atom stereocenters. The van der Waals surface area contributed by atoms with Crippen molar-refractivity contribution in [2.75, 3.05) is 11.7 Å². The molecule has 27 heavy (non-hydrogen) atoms. The van der Waals surface area contributed by atoms with Crippen LogP contribution in [0, 0.1) is 34.6 Å². The van der Waals surface area contributed by atoms with Crippen LogP contribution in [-0.2, 0) is 11.5 Å². The third kappa shape index (κ3) is 3.91. The molecule has 0 spiro atoms. The SMILES string of the molecule is Cc1cc(C)c(CSc2nnc(C)n2N)c(C)c1CSc1nnc(C)n1N. The summed E-state index contributed by atoms with van der Waals surface area (Å²) in [6.07, 6.45) is 0. The van der Waals surface area contributed by atoms with E-state index in [4.69, 9.17) is 11.7 Å². The number of thioether (sulfide) groups is 2. The highest BCUT2D eigenvalue weighted by molar-refractivity contribution is 7.98. The number of benzene rings is 1. The normalized spacial score (nSPS) is 11.3. The first kappa shape index (κ1) is 19.6. The zero-order valence-corrected chi connectivity index (χ0v) is 17.8. The quantitative estimate of drug-likeness (QED) is 0.476. The molecule has 0 aliphatic carbocycles. The fourth-order valence-electron chi connectivity index (χ4n) is 2.89. The molecule has 0 saturated carbocycles. The van der Waals surface area contributed by atoms with Gasteiger partial charge in [0.2, 0.25) is 10.3 Å². The van der Waals surface area contributed by atoms with E-state index >= 15 is 0 Å². The summed E-state index contributed by atoms with van der Waals surface area (Å²) in [4.78, 5) is 0. The third-order valence-electron chi connectivity index (χ3n) is 4.65. The predicted octanol–water partition coefficient (Wildman–Crippen LogP) is 2.42. The predicted molar refractivity (Wildman–Crippen MR) is 110 cm³/mol. The summed E-state index contributed by atoms with van der Waals surface area (Å²) in [5.41, 5.74) is 6.42. The van der Waals surface area contributed by atoms with E-state index in [1.165, 1.54) is 37.2 Å². The molecule has 3 aromatic rings. The van der Waals surface area contributed by atoms with E-state index in [-0.39, 0.29) is 0 Å². The van der Waals surface area contributed by atoms with E-state index in [0.29, 0.717) is 11.6 Å². The second kappa shape index (κ2) is 7.81. The Morgan fingerprint density at radius 2 is 1.15 bits per heavy atom. The number of nitrogens with two attached hydrogens (primary N) is 2. The van der Waals surface area contributed by atoms with Crippen molar-refractivity contribution in [3.8, 4) is 0 Å². The summed E-state index contributed by atoms with van der Waals surface area (Å²) in [5.74, 6) is 14.9. The van der Waals surface area contributed by atoms with Crippen LogP contribution in [0.1, 0.15) is 39.5 Å². The van der Waals surface area contributed by atoms with Gasteiger partial charge in [-0.05, 0) is 62.4 Å². The standard InChI is InChI=1S/C17H24N8S2/c1-9-6-10(2)15(8-27-17-23-21-13(5)25(17)19)11(3)14(9)7-26-16-22-20-12(4)24(16)18/h6H,7-8,18-19H2,1-5H3. The van der Waals surface area contributed by atoms with Gasteiger partial charge in [-0.15, -0.1) is 20.4 Å². The van der Waals surface area contributed by atoms with Crippen molar-refractivity contribution in [2.24, 2.45) is 0 Å². The number of aromatic nitrogens is 6. The molecule has 0 bridgehead atoms. The van der Waals surface area contributed by atoms with E-state index in [1.807, 2.05) is 13.8 Å². The lowest BCUT2D eigenvalue weighted by Gasteiger charge is -2.17. The first-order chi connectivity index (χ1) is 12.8. The summed E-state index contributed by atoms with van der Waals surface area (Å²) in [5, 5.41) is 17.7. The number of hydrogen-bond acceptors (Lipinski definition) is 8. The molecule has 0 aliphatic heterocycles. The second-order valence-corrected chi connectivity index (χ2v) is 8.35. The van der Waals surface area contributed by atoms with E-state index in [0.717, 1.165) is 21.8 Å². The smallest absolute Gasteiger partial charge is 0.210 e. The lowest BCUT2D eigenvalue weighted by Crippen LogP contribution is -2.12. The maximum absolute atomic E-state index is 5.97. The average Bonchev–Trinajstić information content (AvgIpc) is 3.11. The van der Waals surface area contributed by atoms with Gasteiger partial charge in [0.25, 0.3) is 0 Å². The molecule has 2 heterocycles. The Bertz CT molecular complexity index is 901. The van der Waals surface area contributed by atoms with Crippen LogP contribution in [0.3, 0.4) is 0 Å². The van der Waals surface area contributed by atoms with E-state index < -0.39 is 0 Å². The summed E-state index contributed by atoms with van der Waals surface area (Å²) < 4.78 is 3.05. The molecule has 0 saturated heterocycles. The average molecular weight is 405 g/mol. The molecule has 144 valence electrons. The van der Waals surface area contributed by atoms with Crippen LogP contribution >= 0.6 is 23.5 Å². The van der Waals surface area contributed by atoms with Gasteiger partial charge in [-0.2, -0.15) is 0 Å². The maximum Gasteiger partial charge on any atom is 0.210 e. The van der Waals surface area contributed by atoms with Crippen LogP contribution < -0.4 is 11.7 Å². The summed E-state index contributed by atoms with van der Waals surface area (Å²) >= 11 is 3.19. The fourth-order valence-corrected chi connectivity index (χ4v) is 5.06. The Balaban J connectivity index is 1.81. The highest BCUT2D eigenvalue weighted by Crippen LogP contribution is 2.31. The minimum Gasteiger partial charge on any atom is -0.336 e. The van der Waals surface area contributed by atoms with Crippen molar-refractivity contribution >= 4 is 23.5 Å². The Kier molecular flexibility index (Phi) is 5.66. The molecule has 0 radical (unpaired) electrons. The Morgan fingerprint density at radius 1 is 0.741 bits per heavy atom. The van der Waals surface area contributed by atoms with Gasteiger partial charge in [-0.25, -0.2) is 9.35 Å². The van der Waals surface area contributed by atoms with Crippen LogP contribution in [0.25, 0.3) is 0 Å². The lowest BCUT2D eigenvalue weighted by atomic mass is 9.95. The molecule has 8 nitrogen and oxygen atoms in total. The molecule has 3 rings (SSSR count). The van der Waals surface area contributed by atoms with Crippen LogP contribution in [0.2, 0.25) is 0 Å². The molecule has 0 fully saturated rings. The number of nitrogens with zero attached hydrogens (tertiary/aromatic N) is 6. The highest BCUT2D eigenvalue weighted by atomic mass is 32.2. The van der Waals surface area contributed by atoms with Crippen molar-refractivity contribution in [3.05, 3.63) is 45.5 Å². The van der Waals surface area contributed by atoms with Gasteiger partial charge < -0.3 is 11.7 Å². The molecule has 0 atom stereocenters. The molecular weight excluding hydrogens is 380 g/mol. The van der Waals surface area contributed by atoms with Gasteiger partial charge in [0, 0.05) is 11.5 Å². The number of nitrogen functional groups attached to an aromatic ring is 2. The van der Waals surface area contributed by atoms with Gasteiger partial charge in [-0.3, -0.25) is 0 Å². The first-order valence-electron chi connectivity index (χ1n) is 8.48. The van der Waals surface area contributed by atoms with Gasteiger partial charge in [0.15, 0.2) is 0 Å². The third-order valence-corrected chi connectivity index (χ3v) is 6.59. The van der Waals surface area contributed by atoms with E-state index in [2.05, 4.69) is 47.2 Å². The van der Waals surface area contributed by atoms with Crippen LogP contribution in [-0.4, -0.2) is 29.7 Å². The van der Waals surface area contributed by atoms with Crippen molar-refractivity contribution in [3.63, 3.8) is 0 Å². The summed E-state index contributed by atoms with van der Waals surface area (Å²) in [6.45, 7) is 10.1. The van der Waals surface area contributed by atoms with Gasteiger partial charge in [0.05, 0.1) is 0 Å². The zero-order chi connectivity index (χ0) is 19.7. The molecule has 0 amide bonds. The van der Waals surface area contributed by atoms with Crippen molar-refractivity contribution < 1.29 is 0 Å². The van der Waals surface area contributed by atoms with Crippen LogP contribution in [0.5, 0.6) is 0 Å². The minimum atomic E-state index is 0.702. The van der Waals surface area contributed by atoms with Crippen molar-refractivity contribution in [1.82, 2.24) is 29.7 Å². The number of aryl methyl sites for hydroxylation is 4.